The van der Waals surface area contributed by atoms with Crippen LogP contribution in [0, 0.1) is 0 Å². The van der Waals surface area contributed by atoms with Gasteiger partial charge in [0.1, 0.15) is 0 Å². The Kier molecular flexibility index (Phi) is 6.75. The van der Waals surface area contributed by atoms with Crippen molar-refractivity contribution in [3.8, 4) is 0 Å². The van der Waals surface area contributed by atoms with Crippen LogP contribution in [0.5, 0.6) is 0 Å². The first-order valence-corrected chi connectivity index (χ1v) is 7.90. The summed E-state index contributed by atoms with van der Waals surface area (Å²) in [6, 6.07) is 0. The Labute approximate surface area is 121 Å². The quantitative estimate of drug-likeness (QED) is 0.797. The second kappa shape index (κ2) is 7.82. The third kappa shape index (κ3) is 4.75. The molecular weight excluding hydrogens is 256 g/mol. The average molecular weight is 284 g/mol. The summed E-state index contributed by atoms with van der Waals surface area (Å²) >= 11 is 1.76. The number of nitrogens with zero attached hydrogens (tertiary/aromatic N) is 3. The average Bonchev–Trinajstić information content (AvgIpc) is 2.78. The van der Waals surface area contributed by atoms with E-state index < -0.39 is 0 Å². The predicted octanol–water partition coefficient (Wildman–Crippen LogP) is 2.50. The molecule has 0 radical (unpaired) electrons. The lowest BCUT2D eigenvalue weighted by Crippen LogP contribution is -2.32. The third-order valence-electron chi connectivity index (χ3n) is 3.03. The van der Waals surface area contributed by atoms with Crippen molar-refractivity contribution in [2.75, 3.05) is 38.6 Å². The van der Waals surface area contributed by atoms with Gasteiger partial charge in [-0.05, 0) is 26.4 Å². The van der Waals surface area contributed by atoms with Crippen LogP contribution in [0.25, 0.3) is 0 Å². The van der Waals surface area contributed by atoms with Gasteiger partial charge in [-0.25, -0.2) is 4.98 Å². The Morgan fingerprint density at radius 1 is 1.21 bits per heavy atom. The highest BCUT2D eigenvalue weighted by molar-refractivity contribution is 7.15. The zero-order valence-corrected chi connectivity index (χ0v) is 13.8. The number of anilines is 1. The summed E-state index contributed by atoms with van der Waals surface area (Å²) in [7, 11) is 4.22. The Hall–Kier alpha value is -0.650. The van der Waals surface area contributed by atoms with Gasteiger partial charge in [0.2, 0.25) is 0 Å². The van der Waals surface area contributed by atoms with Gasteiger partial charge in [0.05, 0.1) is 5.69 Å². The maximum absolute atomic E-state index is 5.84. The van der Waals surface area contributed by atoms with Gasteiger partial charge in [-0.1, -0.05) is 20.8 Å². The molecule has 1 rings (SSSR count). The second-order valence-corrected chi connectivity index (χ2v) is 6.52. The summed E-state index contributed by atoms with van der Waals surface area (Å²) in [6.07, 6.45) is 1.14. The van der Waals surface area contributed by atoms with E-state index in [0.29, 0.717) is 12.5 Å². The van der Waals surface area contributed by atoms with Gasteiger partial charge < -0.3 is 15.5 Å². The molecule has 1 aromatic rings. The van der Waals surface area contributed by atoms with Crippen LogP contribution < -0.4 is 10.6 Å². The van der Waals surface area contributed by atoms with Crippen molar-refractivity contribution in [1.82, 2.24) is 9.88 Å². The minimum atomic E-state index is 0.445. The number of hydrogen-bond acceptors (Lipinski definition) is 5. The first kappa shape index (κ1) is 16.4. The highest BCUT2D eigenvalue weighted by Gasteiger charge is 2.17. The van der Waals surface area contributed by atoms with E-state index in [2.05, 4.69) is 44.7 Å². The molecule has 0 aliphatic heterocycles. The Morgan fingerprint density at radius 3 is 2.32 bits per heavy atom. The normalized spacial score (nSPS) is 11.6. The van der Waals surface area contributed by atoms with Gasteiger partial charge in [-0.2, -0.15) is 0 Å². The summed E-state index contributed by atoms with van der Waals surface area (Å²) in [4.78, 5) is 10.7. The number of likely N-dealkylation sites (N-methyl/N-ethyl adjacent to an activating group) is 1. The van der Waals surface area contributed by atoms with Crippen molar-refractivity contribution < 1.29 is 0 Å². The second-order valence-electron chi connectivity index (χ2n) is 5.45. The van der Waals surface area contributed by atoms with Crippen molar-refractivity contribution >= 4 is 16.5 Å². The molecule has 0 saturated heterocycles. The maximum atomic E-state index is 5.84. The molecule has 0 fully saturated rings. The highest BCUT2D eigenvalue weighted by atomic mass is 32.1. The van der Waals surface area contributed by atoms with E-state index in [4.69, 9.17) is 10.7 Å². The lowest BCUT2D eigenvalue weighted by Gasteiger charge is -2.23. The zero-order chi connectivity index (χ0) is 14.4. The maximum Gasteiger partial charge on any atom is 0.185 e. The van der Waals surface area contributed by atoms with E-state index in [1.54, 1.807) is 11.3 Å². The summed E-state index contributed by atoms with van der Waals surface area (Å²) < 4.78 is 0. The smallest absolute Gasteiger partial charge is 0.185 e. The van der Waals surface area contributed by atoms with Gasteiger partial charge in [0.25, 0.3) is 0 Å². The Bertz CT molecular complexity index is 374. The first-order chi connectivity index (χ1) is 8.99. The monoisotopic (exact) mass is 284 g/mol. The van der Waals surface area contributed by atoms with Crippen molar-refractivity contribution in [2.45, 2.75) is 39.7 Å². The fraction of sp³-hybridized carbons (Fsp3) is 0.786. The zero-order valence-electron chi connectivity index (χ0n) is 12.9. The minimum Gasteiger partial charge on any atom is -0.347 e. The van der Waals surface area contributed by atoms with Crippen LogP contribution in [0.3, 0.4) is 0 Å². The molecule has 0 unspecified atom stereocenters. The SMILES string of the molecule is CCCN(CCN(C)C)c1nc(C(C)C)c(CN)s1. The molecule has 5 heteroatoms. The van der Waals surface area contributed by atoms with Crippen LogP contribution in [0.4, 0.5) is 5.13 Å². The molecular formula is C14H28N4S. The highest BCUT2D eigenvalue weighted by Crippen LogP contribution is 2.30. The van der Waals surface area contributed by atoms with E-state index in [0.717, 1.165) is 31.2 Å². The summed E-state index contributed by atoms with van der Waals surface area (Å²) in [5.74, 6) is 0.445. The largest absolute Gasteiger partial charge is 0.347 e. The molecule has 0 aromatic carbocycles. The molecule has 2 N–H and O–H groups in total. The predicted molar refractivity (Wildman–Crippen MR) is 85.2 cm³/mol. The lowest BCUT2D eigenvalue weighted by molar-refractivity contribution is 0.413. The first-order valence-electron chi connectivity index (χ1n) is 7.08. The minimum absolute atomic E-state index is 0.445. The lowest BCUT2D eigenvalue weighted by atomic mass is 10.1. The summed E-state index contributed by atoms with van der Waals surface area (Å²) in [5, 5.41) is 1.13. The van der Waals surface area contributed by atoms with E-state index in [9.17, 15) is 0 Å². The van der Waals surface area contributed by atoms with E-state index in [-0.39, 0.29) is 0 Å². The number of hydrogen-bond donors (Lipinski definition) is 1. The van der Waals surface area contributed by atoms with Crippen molar-refractivity contribution in [1.29, 1.82) is 0 Å². The topological polar surface area (TPSA) is 45.4 Å². The number of aromatic nitrogens is 1. The fourth-order valence-electron chi connectivity index (χ4n) is 1.98. The Morgan fingerprint density at radius 2 is 1.89 bits per heavy atom. The summed E-state index contributed by atoms with van der Waals surface area (Å²) in [6.45, 7) is 10.3. The molecule has 0 atom stereocenters. The van der Waals surface area contributed by atoms with Crippen LogP contribution in [0.1, 0.15) is 43.7 Å². The van der Waals surface area contributed by atoms with Crippen molar-refractivity contribution in [3.05, 3.63) is 10.6 Å². The van der Waals surface area contributed by atoms with E-state index >= 15 is 0 Å². The number of rotatable bonds is 8. The molecule has 1 heterocycles. The van der Waals surface area contributed by atoms with Crippen LogP contribution >= 0.6 is 11.3 Å². The molecule has 4 nitrogen and oxygen atoms in total. The molecule has 1 aromatic heterocycles. The van der Waals surface area contributed by atoms with Gasteiger partial charge >= 0.3 is 0 Å². The molecule has 0 aliphatic carbocycles. The fourth-order valence-corrected chi connectivity index (χ4v) is 3.12. The molecule has 0 aliphatic rings. The molecule has 0 bridgehead atoms. The van der Waals surface area contributed by atoms with Gasteiger partial charge in [0.15, 0.2) is 5.13 Å². The van der Waals surface area contributed by atoms with Crippen LogP contribution in [-0.4, -0.2) is 43.6 Å². The molecule has 110 valence electrons. The van der Waals surface area contributed by atoms with Gasteiger partial charge in [0, 0.05) is 31.1 Å². The van der Waals surface area contributed by atoms with Crippen LogP contribution in [-0.2, 0) is 6.54 Å². The van der Waals surface area contributed by atoms with Crippen LogP contribution in [0.15, 0.2) is 0 Å². The standard InChI is InChI=1S/C14H28N4S/c1-6-7-18(9-8-17(4)5)14-16-13(11(2)3)12(10-15)19-14/h11H,6-10,15H2,1-5H3. The number of nitrogens with two attached hydrogens (primary N) is 1. The molecule has 19 heavy (non-hydrogen) atoms. The van der Waals surface area contributed by atoms with Gasteiger partial charge in [-0.3, -0.25) is 0 Å². The van der Waals surface area contributed by atoms with E-state index in [1.165, 1.54) is 10.6 Å². The Balaban J connectivity index is 2.89. The molecule has 0 saturated carbocycles. The van der Waals surface area contributed by atoms with Crippen LogP contribution in [0.2, 0.25) is 0 Å². The molecule has 0 spiro atoms. The molecule has 0 amide bonds. The third-order valence-corrected chi connectivity index (χ3v) is 4.18. The number of thiazole rings is 1. The van der Waals surface area contributed by atoms with Crippen molar-refractivity contribution in [2.24, 2.45) is 5.73 Å². The summed E-state index contributed by atoms with van der Waals surface area (Å²) in [5.41, 5.74) is 7.02. The van der Waals surface area contributed by atoms with Crippen molar-refractivity contribution in [3.63, 3.8) is 0 Å². The van der Waals surface area contributed by atoms with E-state index in [1.807, 2.05) is 0 Å². The van der Waals surface area contributed by atoms with Gasteiger partial charge in [-0.15, -0.1) is 11.3 Å².